The summed E-state index contributed by atoms with van der Waals surface area (Å²) in [5, 5.41) is 0. The number of methoxy groups -OCH3 is 1. The Morgan fingerprint density at radius 1 is 0.952 bits per heavy atom. The Labute approximate surface area is 126 Å². The second kappa shape index (κ2) is 5.78. The summed E-state index contributed by atoms with van der Waals surface area (Å²) in [5.74, 6) is 1.58. The molecule has 3 rings (SSSR count). The quantitative estimate of drug-likeness (QED) is 0.859. The van der Waals surface area contributed by atoms with Crippen LogP contribution in [0, 0.1) is 0 Å². The summed E-state index contributed by atoms with van der Waals surface area (Å²) in [6.45, 7) is 0. The van der Waals surface area contributed by atoms with Crippen LogP contribution in [0.15, 0.2) is 48.5 Å². The molecular weight excluding hydrogens is 262 g/mol. The SMILES string of the molecule is COc1ccccc1O[C@H]1c2ccccc2C[C@@H]1N(C)C. The molecule has 1 aliphatic rings. The molecule has 3 heteroatoms. The largest absolute Gasteiger partial charge is 0.493 e. The highest BCUT2D eigenvalue weighted by molar-refractivity contribution is 5.42. The lowest BCUT2D eigenvalue weighted by atomic mass is 10.1. The molecule has 0 N–H and O–H groups in total. The standard InChI is InChI=1S/C18H21NO2/c1-19(2)15-12-13-8-4-5-9-14(13)18(15)21-17-11-7-6-10-16(17)20-3/h4-11,15,18H,12H2,1-3H3/t15-,18-/m0/s1. The molecule has 0 fully saturated rings. The number of rotatable bonds is 4. The van der Waals surface area contributed by atoms with Crippen LogP contribution in [0.1, 0.15) is 17.2 Å². The van der Waals surface area contributed by atoms with E-state index < -0.39 is 0 Å². The summed E-state index contributed by atoms with van der Waals surface area (Å²) in [5.41, 5.74) is 2.65. The van der Waals surface area contributed by atoms with Crippen molar-refractivity contribution in [3.05, 3.63) is 59.7 Å². The number of ether oxygens (including phenoxy) is 2. The van der Waals surface area contributed by atoms with Gasteiger partial charge in [-0.05, 0) is 43.8 Å². The van der Waals surface area contributed by atoms with Gasteiger partial charge in [-0.3, -0.25) is 0 Å². The second-order valence-corrected chi connectivity index (χ2v) is 5.62. The highest BCUT2D eigenvalue weighted by Gasteiger charge is 2.35. The minimum absolute atomic E-state index is 0.0347. The predicted molar refractivity (Wildman–Crippen MR) is 84.0 cm³/mol. The Bertz CT molecular complexity index is 624. The monoisotopic (exact) mass is 283 g/mol. The third-order valence-electron chi connectivity index (χ3n) is 4.13. The summed E-state index contributed by atoms with van der Waals surface area (Å²) >= 11 is 0. The molecule has 3 nitrogen and oxygen atoms in total. The van der Waals surface area contributed by atoms with Crippen molar-refractivity contribution in [2.45, 2.75) is 18.6 Å². The molecule has 0 bridgehead atoms. The molecule has 0 unspecified atom stereocenters. The smallest absolute Gasteiger partial charge is 0.162 e. The molecule has 0 spiro atoms. The maximum absolute atomic E-state index is 6.33. The van der Waals surface area contributed by atoms with Crippen molar-refractivity contribution in [1.29, 1.82) is 0 Å². The van der Waals surface area contributed by atoms with Crippen LogP contribution in [-0.4, -0.2) is 32.1 Å². The first kappa shape index (κ1) is 14.0. The Hall–Kier alpha value is -2.00. The van der Waals surface area contributed by atoms with Crippen molar-refractivity contribution < 1.29 is 9.47 Å². The number of benzene rings is 2. The summed E-state index contributed by atoms with van der Waals surface area (Å²) < 4.78 is 11.7. The van der Waals surface area contributed by atoms with E-state index in [9.17, 15) is 0 Å². The van der Waals surface area contributed by atoms with Gasteiger partial charge in [-0.15, -0.1) is 0 Å². The van der Waals surface area contributed by atoms with Crippen LogP contribution in [0.5, 0.6) is 11.5 Å². The van der Waals surface area contributed by atoms with Gasteiger partial charge in [0.2, 0.25) is 0 Å². The van der Waals surface area contributed by atoms with Crippen molar-refractivity contribution in [3.63, 3.8) is 0 Å². The average Bonchev–Trinajstić information content (AvgIpc) is 2.87. The van der Waals surface area contributed by atoms with E-state index >= 15 is 0 Å². The van der Waals surface area contributed by atoms with Crippen LogP contribution >= 0.6 is 0 Å². The van der Waals surface area contributed by atoms with Crippen molar-refractivity contribution in [2.24, 2.45) is 0 Å². The number of nitrogens with zero attached hydrogens (tertiary/aromatic N) is 1. The molecule has 0 saturated heterocycles. The van der Waals surface area contributed by atoms with E-state index in [1.54, 1.807) is 7.11 Å². The zero-order valence-electron chi connectivity index (χ0n) is 12.7. The van der Waals surface area contributed by atoms with Gasteiger partial charge in [-0.2, -0.15) is 0 Å². The van der Waals surface area contributed by atoms with Gasteiger partial charge in [0, 0.05) is 0 Å². The number of para-hydroxylation sites is 2. The molecule has 2 atom stereocenters. The second-order valence-electron chi connectivity index (χ2n) is 5.62. The van der Waals surface area contributed by atoms with Crippen LogP contribution in [-0.2, 0) is 6.42 Å². The highest BCUT2D eigenvalue weighted by atomic mass is 16.5. The fourth-order valence-electron chi connectivity index (χ4n) is 2.99. The lowest BCUT2D eigenvalue weighted by Crippen LogP contribution is -2.34. The van der Waals surface area contributed by atoms with Crippen LogP contribution in [0.2, 0.25) is 0 Å². The molecule has 1 aliphatic carbocycles. The molecule has 0 aliphatic heterocycles. The number of fused-ring (bicyclic) bond motifs is 1. The van der Waals surface area contributed by atoms with Crippen LogP contribution < -0.4 is 9.47 Å². The molecule has 0 saturated carbocycles. The minimum Gasteiger partial charge on any atom is -0.493 e. The topological polar surface area (TPSA) is 21.7 Å². The summed E-state index contributed by atoms with van der Waals surface area (Å²) in [6, 6.07) is 16.7. The Balaban J connectivity index is 1.95. The molecule has 0 heterocycles. The first-order chi connectivity index (χ1) is 10.2. The number of likely N-dealkylation sites (N-methyl/N-ethyl adjacent to an activating group) is 1. The van der Waals surface area contributed by atoms with Crippen molar-refractivity contribution in [1.82, 2.24) is 4.90 Å². The van der Waals surface area contributed by atoms with Gasteiger partial charge in [-0.1, -0.05) is 36.4 Å². The Morgan fingerprint density at radius 2 is 1.62 bits per heavy atom. The minimum atomic E-state index is 0.0347. The fraction of sp³-hybridized carbons (Fsp3) is 0.333. The predicted octanol–water partition coefficient (Wildman–Crippen LogP) is 3.30. The molecule has 2 aromatic rings. The van der Waals surface area contributed by atoms with Crippen LogP contribution in [0.4, 0.5) is 0 Å². The zero-order chi connectivity index (χ0) is 14.8. The highest BCUT2D eigenvalue weighted by Crippen LogP contribution is 2.39. The van der Waals surface area contributed by atoms with Gasteiger partial charge in [0.15, 0.2) is 11.5 Å². The van der Waals surface area contributed by atoms with E-state index in [-0.39, 0.29) is 6.10 Å². The van der Waals surface area contributed by atoms with Gasteiger partial charge in [-0.25, -0.2) is 0 Å². The third kappa shape index (κ3) is 2.61. The maximum Gasteiger partial charge on any atom is 0.162 e. The Kier molecular flexibility index (Phi) is 3.84. The maximum atomic E-state index is 6.33. The van der Waals surface area contributed by atoms with Gasteiger partial charge in [0.1, 0.15) is 6.10 Å². The summed E-state index contributed by atoms with van der Waals surface area (Å²) in [4.78, 5) is 2.24. The number of hydrogen-bond donors (Lipinski definition) is 0. The zero-order valence-corrected chi connectivity index (χ0v) is 12.7. The van der Waals surface area contributed by atoms with E-state index in [0.29, 0.717) is 6.04 Å². The normalized spacial score (nSPS) is 20.4. The molecule has 21 heavy (non-hydrogen) atoms. The van der Waals surface area contributed by atoms with Gasteiger partial charge < -0.3 is 14.4 Å². The Morgan fingerprint density at radius 3 is 2.33 bits per heavy atom. The van der Waals surface area contributed by atoms with E-state index in [1.165, 1.54) is 11.1 Å². The molecular formula is C18H21NO2. The lowest BCUT2D eigenvalue weighted by molar-refractivity contribution is 0.108. The third-order valence-corrected chi connectivity index (χ3v) is 4.13. The first-order valence-corrected chi connectivity index (χ1v) is 7.24. The summed E-state index contributed by atoms with van der Waals surface area (Å²) in [6.07, 6.45) is 1.05. The fourth-order valence-corrected chi connectivity index (χ4v) is 2.99. The number of hydrogen-bond acceptors (Lipinski definition) is 3. The van der Waals surface area contributed by atoms with E-state index in [0.717, 1.165) is 17.9 Å². The van der Waals surface area contributed by atoms with E-state index in [2.05, 4.69) is 43.3 Å². The molecule has 0 aromatic heterocycles. The lowest BCUT2D eigenvalue weighted by Gasteiger charge is -2.27. The average molecular weight is 283 g/mol. The van der Waals surface area contributed by atoms with Crippen LogP contribution in [0.3, 0.4) is 0 Å². The van der Waals surface area contributed by atoms with Crippen LogP contribution in [0.25, 0.3) is 0 Å². The van der Waals surface area contributed by atoms with Crippen molar-refractivity contribution in [3.8, 4) is 11.5 Å². The van der Waals surface area contributed by atoms with Gasteiger partial charge in [0.25, 0.3) is 0 Å². The van der Waals surface area contributed by atoms with Gasteiger partial charge in [0.05, 0.1) is 13.2 Å². The van der Waals surface area contributed by atoms with Crippen molar-refractivity contribution >= 4 is 0 Å². The molecule has 2 aromatic carbocycles. The van der Waals surface area contributed by atoms with Crippen molar-refractivity contribution in [2.75, 3.05) is 21.2 Å². The summed E-state index contributed by atoms with van der Waals surface area (Å²) in [7, 11) is 5.89. The molecule has 110 valence electrons. The molecule has 0 radical (unpaired) electrons. The van der Waals surface area contributed by atoms with E-state index in [1.807, 2.05) is 24.3 Å². The molecule has 0 amide bonds. The van der Waals surface area contributed by atoms with E-state index in [4.69, 9.17) is 9.47 Å². The first-order valence-electron chi connectivity index (χ1n) is 7.24. The van der Waals surface area contributed by atoms with Gasteiger partial charge >= 0.3 is 0 Å².